The first-order valence-corrected chi connectivity index (χ1v) is 8.92. The first-order valence-electron chi connectivity index (χ1n) is 7.69. The molecular formula is C19H17NO2S2. The summed E-state index contributed by atoms with van der Waals surface area (Å²) in [6.45, 7) is 3.04. The lowest BCUT2D eigenvalue weighted by Crippen LogP contribution is -2.27. The maximum Gasteiger partial charge on any atom is 0.266 e. The zero-order valence-electron chi connectivity index (χ0n) is 13.3. The highest BCUT2D eigenvalue weighted by Crippen LogP contribution is 2.32. The zero-order chi connectivity index (χ0) is 16.9. The molecule has 0 radical (unpaired) electrons. The summed E-state index contributed by atoms with van der Waals surface area (Å²) < 4.78 is 6.45. The fraction of sp³-hybridized carbons (Fsp3) is 0.158. The molecule has 122 valence electrons. The van der Waals surface area contributed by atoms with Gasteiger partial charge < -0.3 is 4.74 Å². The standard InChI is InChI=1S/C19H17NO2S2/c1-2-20-18(21)17(24-19(20)23)12-15-9-6-10-16(11-15)22-13-14-7-4-3-5-8-14/h3-12H,2,13H2,1H3/b17-12+. The van der Waals surface area contributed by atoms with Gasteiger partial charge in [-0.15, -0.1) is 0 Å². The fourth-order valence-corrected chi connectivity index (χ4v) is 3.74. The Balaban J connectivity index is 1.73. The number of thiocarbonyl (C=S) groups is 1. The van der Waals surface area contributed by atoms with Gasteiger partial charge in [0.15, 0.2) is 0 Å². The molecule has 1 aliphatic rings. The molecule has 0 bridgehead atoms. The van der Waals surface area contributed by atoms with Gasteiger partial charge in [0.2, 0.25) is 0 Å². The lowest BCUT2D eigenvalue weighted by Gasteiger charge is -2.09. The second-order valence-electron chi connectivity index (χ2n) is 5.27. The Bertz CT molecular complexity index is 787. The van der Waals surface area contributed by atoms with Crippen molar-refractivity contribution in [3.8, 4) is 5.75 Å². The number of likely N-dealkylation sites (N-methyl/N-ethyl adjacent to an activating group) is 1. The number of hydrogen-bond acceptors (Lipinski definition) is 4. The van der Waals surface area contributed by atoms with Crippen molar-refractivity contribution in [1.82, 2.24) is 4.90 Å². The van der Waals surface area contributed by atoms with E-state index in [4.69, 9.17) is 17.0 Å². The Kier molecular flexibility index (Phi) is 5.33. The first-order chi connectivity index (χ1) is 11.7. The van der Waals surface area contributed by atoms with Crippen LogP contribution < -0.4 is 4.74 Å². The summed E-state index contributed by atoms with van der Waals surface area (Å²) in [4.78, 5) is 14.5. The average molecular weight is 355 g/mol. The van der Waals surface area contributed by atoms with E-state index < -0.39 is 0 Å². The predicted molar refractivity (Wildman–Crippen MR) is 103 cm³/mol. The maximum absolute atomic E-state index is 12.3. The molecular weight excluding hydrogens is 338 g/mol. The highest BCUT2D eigenvalue weighted by atomic mass is 32.2. The third-order valence-electron chi connectivity index (χ3n) is 3.59. The smallest absolute Gasteiger partial charge is 0.266 e. The molecule has 2 aromatic carbocycles. The van der Waals surface area contributed by atoms with Crippen molar-refractivity contribution in [3.05, 3.63) is 70.6 Å². The van der Waals surface area contributed by atoms with Gasteiger partial charge in [0.25, 0.3) is 5.91 Å². The van der Waals surface area contributed by atoms with Crippen molar-refractivity contribution in [2.45, 2.75) is 13.5 Å². The zero-order valence-corrected chi connectivity index (χ0v) is 14.9. The average Bonchev–Trinajstić information content (AvgIpc) is 2.87. The minimum absolute atomic E-state index is 0.0249. The van der Waals surface area contributed by atoms with Crippen molar-refractivity contribution in [2.24, 2.45) is 0 Å². The monoisotopic (exact) mass is 355 g/mol. The van der Waals surface area contributed by atoms with E-state index in [2.05, 4.69) is 0 Å². The number of thioether (sulfide) groups is 1. The second-order valence-corrected chi connectivity index (χ2v) is 6.95. The second kappa shape index (κ2) is 7.64. The Morgan fingerprint density at radius 1 is 1.17 bits per heavy atom. The van der Waals surface area contributed by atoms with Crippen molar-refractivity contribution < 1.29 is 9.53 Å². The third kappa shape index (κ3) is 3.86. The van der Waals surface area contributed by atoms with Crippen molar-refractivity contribution >= 4 is 40.3 Å². The molecule has 24 heavy (non-hydrogen) atoms. The van der Waals surface area contributed by atoms with Crippen LogP contribution in [0.2, 0.25) is 0 Å². The molecule has 3 nitrogen and oxygen atoms in total. The number of benzene rings is 2. The van der Waals surface area contributed by atoms with E-state index in [0.29, 0.717) is 22.4 Å². The summed E-state index contributed by atoms with van der Waals surface area (Å²) >= 11 is 6.58. The van der Waals surface area contributed by atoms with Crippen LogP contribution in [0.3, 0.4) is 0 Å². The number of amides is 1. The van der Waals surface area contributed by atoms with Crippen LogP contribution in [0.5, 0.6) is 5.75 Å². The molecule has 1 fully saturated rings. The van der Waals surface area contributed by atoms with Crippen molar-refractivity contribution in [2.75, 3.05) is 6.54 Å². The van der Waals surface area contributed by atoms with Crippen LogP contribution in [-0.2, 0) is 11.4 Å². The molecule has 1 aliphatic heterocycles. The molecule has 1 amide bonds. The van der Waals surface area contributed by atoms with Crippen LogP contribution in [0, 0.1) is 0 Å². The molecule has 0 spiro atoms. The van der Waals surface area contributed by atoms with E-state index in [1.807, 2.05) is 67.6 Å². The van der Waals surface area contributed by atoms with Gasteiger partial charge in [-0.1, -0.05) is 66.4 Å². The van der Waals surface area contributed by atoms with E-state index in [-0.39, 0.29) is 5.91 Å². The predicted octanol–water partition coefficient (Wildman–Crippen LogP) is 4.49. The molecule has 0 saturated carbocycles. The summed E-state index contributed by atoms with van der Waals surface area (Å²) in [5.74, 6) is 0.752. The van der Waals surface area contributed by atoms with Gasteiger partial charge in [-0.3, -0.25) is 9.69 Å². The highest BCUT2D eigenvalue weighted by Gasteiger charge is 2.30. The first kappa shape index (κ1) is 16.7. The molecule has 0 aromatic heterocycles. The number of ether oxygens (including phenoxy) is 1. The van der Waals surface area contributed by atoms with Gasteiger partial charge in [0.1, 0.15) is 16.7 Å². The van der Waals surface area contributed by atoms with Gasteiger partial charge in [-0.05, 0) is 36.3 Å². The number of carbonyl (C=O) groups is 1. The molecule has 0 aliphatic carbocycles. The highest BCUT2D eigenvalue weighted by molar-refractivity contribution is 8.26. The molecule has 5 heteroatoms. The van der Waals surface area contributed by atoms with Crippen LogP contribution in [-0.4, -0.2) is 21.7 Å². The topological polar surface area (TPSA) is 29.5 Å². The van der Waals surface area contributed by atoms with Crippen LogP contribution in [0.15, 0.2) is 59.5 Å². The SMILES string of the molecule is CCN1C(=O)/C(=C\c2cccc(OCc3ccccc3)c2)SC1=S. The van der Waals surface area contributed by atoms with Crippen molar-refractivity contribution in [1.29, 1.82) is 0 Å². The van der Waals surface area contributed by atoms with E-state index >= 15 is 0 Å². The number of carbonyl (C=O) groups excluding carboxylic acids is 1. The molecule has 0 atom stereocenters. The van der Waals surface area contributed by atoms with Gasteiger partial charge in [-0.2, -0.15) is 0 Å². The molecule has 0 N–H and O–H groups in total. The molecule has 1 saturated heterocycles. The molecule has 0 unspecified atom stereocenters. The van der Waals surface area contributed by atoms with E-state index in [1.165, 1.54) is 11.8 Å². The van der Waals surface area contributed by atoms with Crippen LogP contribution in [0.1, 0.15) is 18.1 Å². The van der Waals surface area contributed by atoms with Gasteiger partial charge in [0.05, 0.1) is 4.91 Å². The van der Waals surface area contributed by atoms with Gasteiger partial charge >= 0.3 is 0 Å². The van der Waals surface area contributed by atoms with Crippen molar-refractivity contribution in [3.63, 3.8) is 0 Å². The van der Waals surface area contributed by atoms with E-state index in [0.717, 1.165) is 16.9 Å². The largest absolute Gasteiger partial charge is 0.489 e. The summed E-state index contributed by atoms with van der Waals surface area (Å²) in [6.07, 6.45) is 1.87. The minimum Gasteiger partial charge on any atom is -0.489 e. The fourth-order valence-electron chi connectivity index (χ4n) is 2.36. The molecule has 1 heterocycles. The van der Waals surface area contributed by atoms with Gasteiger partial charge in [-0.25, -0.2) is 0 Å². The quantitative estimate of drug-likeness (QED) is 0.584. The summed E-state index contributed by atoms with van der Waals surface area (Å²) in [6, 6.07) is 17.7. The van der Waals surface area contributed by atoms with Crippen LogP contribution in [0.4, 0.5) is 0 Å². The van der Waals surface area contributed by atoms with Crippen LogP contribution in [0.25, 0.3) is 6.08 Å². The summed E-state index contributed by atoms with van der Waals surface area (Å²) in [7, 11) is 0. The normalized spacial score (nSPS) is 16.0. The maximum atomic E-state index is 12.3. The number of rotatable bonds is 5. The Hall–Kier alpha value is -2.11. The minimum atomic E-state index is -0.0249. The van der Waals surface area contributed by atoms with E-state index in [9.17, 15) is 4.79 Å². The summed E-state index contributed by atoms with van der Waals surface area (Å²) in [5.41, 5.74) is 2.05. The Morgan fingerprint density at radius 3 is 2.67 bits per heavy atom. The third-order valence-corrected chi connectivity index (χ3v) is 4.97. The number of hydrogen-bond donors (Lipinski definition) is 0. The lowest BCUT2D eigenvalue weighted by atomic mass is 10.2. The van der Waals surface area contributed by atoms with Gasteiger partial charge in [0, 0.05) is 6.54 Å². The summed E-state index contributed by atoms with van der Waals surface area (Å²) in [5, 5.41) is 0. The Labute approximate surface area is 151 Å². The molecule has 2 aromatic rings. The van der Waals surface area contributed by atoms with E-state index in [1.54, 1.807) is 4.90 Å². The lowest BCUT2D eigenvalue weighted by molar-refractivity contribution is -0.121. The molecule has 3 rings (SSSR count). The Morgan fingerprint density at radius 2 is 1.96 bits per heavy atom. The number of nitrogens with zero attached hydrogens (tertiary/aromatic N) is 1. The van der Waals surface area contributed by atoms with Crippen LogP contribution >= 0.6 is 24.0 Å².